The minimum absolute atomic E-state index is 0.206. The van der Waals surface area contributed by atoms with Crippen LogP contribution in [-0.4, -0.2) is 21.6 Å². The number of carbonyl (C=O) groups is 1. The number of nitrogens with zero attached hydrogens (tertiary/aromatic N) is 2. The van der Waals surface area contributed by atoms with Gasteiger partial charge in [-0.25, -0.2) is 9.18 Å². The lowest BCUT2D eigenvalue weighted by Crippen LogP contribution is -2.41. The highest BCUT2D eigenvalue weighted by Crippen LogP contribution is 2.39. The van der Waals surface area contributed by atoms with Gasteiger partial charge in [0.1, 0.15) is 5.82 Å². The van der Waals surface area contributed by atoms with Crippen LogP contribution in [0.25, 0.3) is 6.08 Å². The van der Waals surface area contributed by atoms with Gasteiger partial charge in [0.2, 0.25) is 5.91 Å². The third kappa shape index (κ3) is 4.55. The summed E-state index contributed by atoms with van der Waals surface area (Å²) in [4.78, 5) is 36.3. The van der Waals surface area contributed by atoms with Crippen molar-refractivity contribution in [3.05, 3.63) is 74.3 Å². The molecule has 29 heavy (non-hydrogen) atoms. The number of aromatic nitrogens is 2. The van der Waals surface area contributed by atoms with Gasteiger partial charge in [-0.1, -0.05) is 31.4 Å². The molecule has 0 radical (unpaired) electrons. The van der Waals surface area contributed by atoms with E-state index < -0.39 is 11.2 Å². The monoisotopic (exact) mass is 399 g/mol. The second-order valence-electron chi connectivity index (χ2n) is 7.74. The molecule has 6 nitrogen and oxygen atoms in total. The average Bonchev–Trinajstić information content (AvgIpc) is 2.73. The molecule has 0 atom stereocenters. The second kappa shape index (κ2) is 8.59. The zero-order valence-electron chi connectivity index (χ0n) is 16.8. The zero-order valence-corrected chi connectivity index (χ0v) is 16.8. The molecule has 1 amide bonds. The maximum Gasteiger partial charge on any atom is 0.330 e. The summed E-state index contributed by atoms with van der Waals surface area (Å²) in [6.45, 7) is 0.451. The van der Waals surface area contributed by atoms with Crippen LogP contribution in [0.5, 0.6) is 0 Å². The number of amides is 1. The highest BCUT2D eigenvalue weighted by molar-refractivity contribution is 5.91. The zero-order chi connectivity index (χ0) is 21.0. The van der Waals surface area contributed by atoms with Crippen molar-refractivity contribution in [2.24, 2.45) is 14.1 Å². The van der Waals surface area contributed by atoms with Gasteiger partial charge >= 0.3 is 5.69 Å². The van der Waals surface area contributed by atoms with E-state index in [2.05, 4.69) is 5.32 Å². The molecule has 0 aliphatic heterocycles. The largest absolute Gasteiger partial charge is 0.352 e. The molecule has 7 heteroatoms. The summed E-state index contributed by atoms with van der Waals surface area (Å²) in [6, 6.07) is 6.53. The van der Waals surface area contributed by atoms with E-state index in [-0.39, 0.29) is 22.7 Å². The lowest BCUT2D eigenvalue weighted by molar-refractivity contribution is -0.116. The first-order valence-corrected chi connectivity index (χ1v) is 9.81. The number of aryl methyl sites for hydroxylation is 1. The minimum atomic E-state index is -0.452. The highest BCUT2D eigenvalue weighted by Gasteiger charge is 2.34. The Kier molecular flexibility index (Phi) is 6.15. The summed E-state index contributed by atoms with van der Waals surface area (Å²) in [6.07, 6.45) is 9.30. The van der Waals surface area contributed by atoms with Crippen molar-refractivity contribution in [1.29, 1.82) is 0 Å². The van der Waals surface area contributed by atoms with Crippen LogP contribution in [0, 0.1) is 5.82 Å². The van der Waals surface area contributed by atoms with Crippen LogP contribution in [0.15, 0.2) is 46.1 Å². The molecule has 2 aromatic rings. The quantitative estimate of drug-likeness (QED) is 0.784. The molecule has 1 aliphatic rings. The summed E-state index contributed by atoms with van der Waals surface area (Å²) in [7, 11) is 2.95. The molecule has 3 rings (SSSR count). The van der Waals surface area contributed by atoms with E-state index in [0.29, 0.717) is 6.54 Å². The van der Waals surface area contributed by atoms with Crippen LogP contribution in [-0.2, 0) is 24.3 Å². The molecule has 0 spiro atoms. The fraction of sp³-hybridized carbons (Fsp3) is 0.409. The van der Waals surface area contributed by atoms with Crippen LogP contribution in [0.2, 0.25) is 0 Å². The van der Waals surface area contributed by atoms with Gasteiger partial charge < -0.3 is 9.88 Å². The molecule has 154 valence electrons. The average molecular weight is 399 g/mol. The summed E-state index contributed by atoms with van der Waals surface area (Å²) in [5, 5.41) is 2.94. The van der Waals surface area contributed by atoms with Crippen molar-refractivity contribution in [2.45, 2.75) is 37.5 Å². The van der Waals surface area contributed by atoms with E-state index in [0.717, 1.165) is 42.2 Å². The maximum absolute atomic E-state index is 13.3. The van der Waals surface area contributed by atoms with Gasteiger partial charge in [-0.15, -0.1) is 0 Å². The van der Waals surface area contributed by atoms with Crippen LogP contribution in [0.1, 0.15) is 43.2 Å². The highest BCUT2D eigenvalue weighted by atomic mass is 19.1. The van der Waals surface area contributed by atoms with Crippen molar-refractivity contribution < 1.29 is 9.18 Å². The SMILES string of the molecule is Cn1cc(/C=C/C(=O)NCC2(c3ccc(F)cc3)CCCCC2)c(=O)n(C)c1=O. The first-order chi connectivity index (χ1) is 13.8. The standard InChI is InChI=1S/C22H26FN3O3/c1-25-14-16(20(28)26(2)21(25)29)6-11-19(27)24-15-22(12-4-3-5-13-22)17-7-9-18(23)10-8-17/h6-11,14H,3-5,12-13,15H2,1-2H3,(H,24,27)/b11-6+. The predicted octanol–water partition coefficient (Wildman–Crippen LogP) is 2.25. The Bertz CT molecular complexity index is 1030. The van der Waals surface area contributed by atoms with Gasteiger partial charge in [0, 0.05) is 38.3 Å². The lowest BCUT2D eigenvalue weighted by Gasteiger charge is -2.38. The summed E-state index contributed by atoms with van der Waals surface area (Å²) < 4.78 is 15.6. The number of hydrogen-bond donors (Lipinski definition) is 1. The maximum atomic E-state index is 13.3. The van der Waals surface area contributed by atoms with E-state index in [4.69, 9.17) is 0 Å². The van der Waals surface area contributed by atoms with E-state index >= 15 is 0 Å². The van der Waals surface area contributed by atoms with Crippen molar-refractivity contribution in [2.75, 3.05) is 6.54 Å². The van der Waals surface area contributed by atoms with Gasteiger partial charge in [-0.05, 0) is 36.6 Å². The molecule has 1 aliphatic carbocycles. The Morgan fingerprint density at radius 3 is 2.45 bits per heavy atom. The molecule has 1 aromatic carbocycles. The van der Waals surface area contributed by atoms with Crippen molar-refractivity contribution in [3.63, 3.8) is 0 Å². The van der Waals surface area contributed by atoms with Gasteiger partial charge in [-0.2, -0.15) is 0 Å². The van der Waals surface area contributed by atoms with E-state index in [1.807, 2.05) is 0 Å². The molecule has 0 saturated heterocycles. The molecule has 0 bridgehead atoms. The van der Waals surface area contributed by atoms with Crippen molar-refractivity contribution in [1.82, 2.24) is 14.5 Å². The Labute approximate surface area is 168 Å². The smallest absolute Gasteiger partial charge is 0.330 e. The Morgan fingerprint density at radius 1 is 1.14 bits per heavy atom. The summed E-state index contributed by atoms with van der Waals surface area (Å²) >= 11 is 0. The van der Waals surface area contributed by atoms with Crippen molar-refractivity contribution in [3.8, 4) is 0 Å². The summed E-state index contributed by atoms with van der Waals surface area (Å²) in [5.74, 6) is -0.585. The number of nitrogens with one attached hydrogen (secondary N) is 1. The lowest BCUT2D eigenvalue weighted by atomic mass is 9.69. The fourth-order valence-corrected chi connectivity index (χ4v) is 4.03. The van der Waals surface area contributed by atoms with Gasteiger partial charge in [-0.3, -0.25) is 14.2 Å². The first-order valence-electron chi connectivity index (χ1n) is 9.81. The van der Waals surface area contributed by atoms with Gasteiger partial charge in [0.05, 0.1) is 5.56 Å². The van der Waals surface area contributed by atoms with Gasteiger partial charge in [0.15, 0.2) is 0 Å². The first kappa shape index (κ1) is 20.8. The third-order valence-corrected chi connectivity index (χ3v) is 5.76. The molecular formula is C22H26FN3O3. The normalized spacial score (nSPS) is 16.1. The van der Waals surface area contributed by atoms with Crippen LogP contribution in [0.3, 0.4) is 0 Å². The molecule has 1 N–H and O–H groups in total. The van der Waals surface area contributed by atoms with Gasteiger partial charge in [0.25, 0.3) is 5.56 Å². The van der Waals surface area contributed by atoms with E-state index in [9.17, 15) is 18.8 Å². The minimum Gasteiger partial charge on any atom is -0.352 e. The Hall–Kier alpha value is -2.96. The third-order valence-electron chi connectivity index (χ3n) is 5.76. The van der Waals surface area contributed by atoms with E-state index in [1.165, 1.54) is 42.1 Å². The number of rotatable bonds is 5. The van der Waals surface area contributed by atoms with Crippen molar-refractivity contribution >= 4 is 12.0 Å². The molecule has 1 saturated carbocycles. The van der Waals surface area contributed by atoms with Crippen LogP contribution in [0.4, 0.5) is 4.39 Å². The molecule has 1 aromatic heterocycles. The number of halogens is 1. The fourth-order valence-electron chi connectivity index (χ4n) is 4.03. The number of carbonyl (C=O) groups excluding carboxylic acids is 1. The second-order valence-corrected chi connectivity index (χ2v) is 7.74. The number of benzene rings is 1. The topological polar surface area (TPSA) is 73.1 Å². The van der Waals surface area contributed by atoms with E-state index in [1.54, 1.807) is 19.2 Å². The Morgan fingerprint density at radius 2 is 1.79 bits per heavy atom. The predicted molar refractivity (Wildman–Crippen MR) is 110 cm³/mol. The number of hydrogen-bond acceptors (Lipinski definition) is 3. The summed E-state index contributed by atoms with van der Waals surface area (Å²) in [5.41, 5.74) is 0.218. The molecule has 1 fully saturated rings. The van der Waals surface area contributed by atoms with Crippen LogP contribution < -0.4 is 16.6 Å². The Balaban J connectivity index is 1.74. The molecular weight excluding hydrogens is 373 g/mol. The van der Waals surface area contributed by atoms with Crippen LogP contribution >= 0.6 is 0 Å². The molecule has 0 unspecified atom stereocenters. The molecule has 1 heterocycles.